The van der Waals surface area contributed by atoms with Gasteiger partial charge >= 0.3 is 0 Å². The molecule has 1 unspecified atom stereocenters. The van der Waals surface area contributed by atoms with E-state index in [-0.39, 0.29) is 0 Å². The van der Waals surface area contributed by atoms with Crippen molar-refractivity contribution >= 4 is 0 Å². The summed E-state index contributed by atoms with van der Waals surface area (Å²) in [6.45, 7) is 6.46. The highest BCUT2D eigenvalue weighted by atomic mass is 15.2. The van der Waals surface area contributed by atoms with E-state index in [4.69, 9.17) is 0 Å². The molecule has 3 atom stereocenters. The molecule has 1 aromatic carbocycles. The van der Waals surface area contributed by atoms with Crippen LogP contribution in [0.1, 0.15) is 51.0 Å². The molecule has 2 N–H and O–H groups in total. The Morgan fingerprint density at radius 1 is 1.05 bits per heavy atom. The molecule has 1 aromatic rings. The minimum Gasteiger partial charge on any atom is -0.332 e. The van der Waals surface area contributed by atoms with Gasteiger partial charge in [-0.2, -0.15) is 0 Å². The van der Waals surface area contributed by atoms with Crippen molar-refractivity contribution in [3.05, 3.63) is 35.9 Å². The van der Waals surface area contributed by atoms with Gasteiger partial charge in [0, 0.05) is 24.8 Å². The van der Waals surface area contributed by atoms with Gasteiger partial charge in [0.1, 0.15) is 6.54 Å². The lowest BCUT2D eigenvalue weighted by Gasteiger charge is -2.39. The van der Waals surface area contributed by atoms with Gasteiger partial charge in [-0.15, -0.1) is 0 Å². The molecule has 0 amide bonds. The van der Waals surface area contributed by atoms with Crippen LogP contribution in [-0.4, -0.2) is 32.2 Å². The summed E-state index contributed by atoms with van der Waals surface area (Å²) in [5.74, 6) is 0.968. The van der Waals surface area contributed by atoms with Crippen LogP contribution >= 0.6 is 0 Å². The quantitative estimate of drug-likeness (QED) is 0.830. The SMILES string of the molecule is C[C@H]1CCC[C@H]([NH+]2CCC([NH+](C)Cc3ccccc3)CC2)C1. The van der Waals surface area contributed by atoms with Crippen molar-refractivity contribution in [1.29, 1.82) is 0 Å². The summed E-state index contributed by atoms with van der Waals surface area (Å²) in [6, 6.07) is 12.8. The molecule has 0 spiro atoms. The first-order valence-corrected chi connectivity index (χ1v) is 9.43. The molecule has 0 aromatic heterocycles. The van der Waals surface area contributed by atoms with Crippen molar-refractivity contribution < 1.29 is 9.80 Å². The van der Waals surface area contributed by atoms with Crippen LogP contribution in [0.2, 0.25) is 0 Å². The third-order valence-corrected chi connectivity index (χ3v) is 6.16. The first-order valence-electron chi connectivity index (χ1n) is 9.43. The van der Waals surface area contributed by atoms with E-state index in [0.29, 0.717) is 0 Å². The first-order chi connectivity index (χ1) is 10.7. The topological polar surface area (TPSA) is 8.88 Å². The van der Waals surface area contributed by atoms with Gasteiger partial charge in [0.15, 0.2) is 0 Å². The third kappa shape index (κ3) is 4.11. The summed E-state index contributed by atoms with van der Waals surface area (Å²) in [6.07, 6.45) is 8.73. The van der Waals surface area contributed by atoms with Crippen molar-refractivity contribution in [3.8, 4) is 0 Å². The summed E-state index contributed by atoms with van der Waals surface area (Å²) in [5.41, 5.74) is 1.48. The fourth-order valence-corrected chi connectivity index (χ4v) is 4.76. The monoisotopic (exact) mass is 302 g/mol. The smallest absolute Gasteiger partial charge is 0.103 e. The Kier molecular flexibility index (Phi) is 5.54. The van der Waals surface area contributed by atoms with E-state index < -0.39 is 0 Å². The van der Waals surface area contributed by atoms with Gasteiger partial charge in [-0.1, -0.05) is 43.7 Å². The second-order valence-corrected chi connectivity index (χ2v) is 7.91. The molecule has 1 aliphatic heterocycles. The van der Waals surface area contributed by atoms with E-state index in [1.807, 2.05) is 4.90 Å². The van der Waals surface area contributed by atoms with Gasteiger partial charge in [-0.3, -0.25) is 0 Å². The molecular weight excluding hydrogens is 268 g/mol. The highest BCUT2D eigenvalue weighted by Crippen LogP contribution is 2.22. The molecular formula is C20H34N2+2. The molecule has 1 saturated carbocycles. The van der Waals surface area contributed by atoms with Crippen LogP contribution < -0.4 is 9.80 Å². The number of piperidine rings is 1. The van der Waals surface area contributed by atoms with Crippen molar-refractivity contribution in [2.45, 2.75) is 64.1 Å². The minimum absolute atomic E-state index is 0.866. The summed E-state index contributed by atoms with van der Waals surface area (Å²) in [4.78, 5) is 3.64. The minimum atomic E-state index is 0.866. The van der Waals surface area contributed by atoms with Crippen molar-refractivity contribution in [2.24, 2.45) is 5.92 Å². The Balaban J connectivity index is 1.47. The van der Waals surface area contributed by atoms with Crippen molar-refractivity contribution in [3.63, 3.8) is 0 Å². The molecule has 1 saturated heterocycles. The van der Waals surface area contributed by atoms with Crippen molar-refractivity contribution in [1.82, 2.24) is 0 Å². The van der Waals surface area contributed by atoms with Gasteiger partial charge < -0.3 is 9.80 Å². The predicted octanol–water partition coefficient (Wildman–Crippen LogP) is 1.33. The Morgan fingerprint density at radius 3 is 2.45 bits per heavy atom. The standard InChI is InChI=1S/C20H32N2/c1-17-7-6-10-20(15-17)22-13-11-19(12-14-22)21(2)16-18-8-4-3-5-9-18/h3-5,8-9,17,19-20H,6-7,10-16H2,1-2H3/p+2/t17-,20-/m0/s1. The number of likely N-dealkylation sites (tertiary alicyclic amines) is 1. The van der Waals surface area contributed by atoms with Crippen LogP contribution in [0.4, 0.5) is 0 Å². The van der Waals surface area contributed by atoms with Crippen LogP contribution in [0.15, 0.2) is 30.3 Å². The predicted molar refractivity (Wildman–Crippen MR) is 92.2 cm³/mol. The van der Waals surface area contributed by atoms with E-state index in [1.54, 1.807) is 4.90 Å². The van der Waals surface area contributed by atoms with Crippen LogP contribution in [-0.2, 0) is 6.54 Å². The number of quaternary nitrogens is 2. The molecule has 2 heteroatoms. The van der Waals surface area contributed by atoms with Gasteiger partial charge in [0.25, 0.3) is 0 Å². The number of benzene rings is 1. The Bertz CT molecular complexity index is 436. The summed E-state index contributed by atoms with van der Waals surface area (Å²) in [7, 11) is 2.39. The zero-order valence-electron chi connectivity index (χ0n) is 14.5. The average molecular weight is 303 g/mol. The van der Waals surface area contributed by atoms with E-state index in [9.17, 15) is 0 Å². The molecule has 2 fully saturated rings. The maximum atomic E-state index is 2.45. The van der Waals surface area contributed by atoms with Gasteiger partial charge in [-0.25, -0.2) is 0 Å². The second-order valence-electron chi connectivity index (χ2n) is 7.91. The molecule has 1 heterocycles. The highest BCUT2D eigenvalue weighted by Gasteiger charge is 2.33. The summed E-state index contributed by atoms with van der Waals surface area (Å²) >= 11 is 0. The van der Waals surface area contributed by atoms with Crippen LogP contribution in [0.25, 0.3) is 0 Å². The lowest BCUT2D eigenvalue weighted by molar-refractivity contribution is -0.967. The number of hydrogen-bond donors (Lipinski definition) is 2. The van der Waals surface area contributed by atoms with E-state index in [0.717, 1.165) is 18.0 Å². The summed E-state index contributed by atoms with van der Waals surface area (Å²) < 4.78 is 0. The number of hydrogen-bond acceptors (Lipinski definition) is 0. The zero-order valence-corrected chi connectivity index (χ0v) is 14.5. The van der Waals surface area contributed by atoms with Crippen LogP contribution in [0.3, 0.4) is 0 Å². The summed E-state index contributed by atoms with van der Waals surface area (Å²) in [5, 5.41) is 0. The molecule has 0 radical (unpaired) electrons. The third-order valence-electron chi connectivity index (χ3n) is 6.16. The Hall–Kier alpha value is -0.860. The average Bonchev–Trinajstić information content (AvgIpc) is 2.56. The van der Waals surface area contributed by atoms with Gasteiger partial charge in [0.2, 0.25) is 0 Å². The molecule has 22 heavy (non-hydrogen) atoms. The largest absolute Gasteiger partial charge is 0.332 e. The molecule has 2 aliphatic rings. The van der Waals surface area contributed by atoms with Gasteiger partial charge in [0.05, 0.1) is 32.2 Å². The maximum Gasteiger partial charge on any atom is 0.103 e. The van der Waals surface area contributed by atoms with Gasteiger partial charge in [-0.05, 0) is 18.8 Å². The molecule has 122 valence electrons. The van der Waals surface area contributed by atoms with E-state index in [1.165, 1.54) is 63.7 Å². The fourth-order valence-electron chi connectivity index (χ4n) is 4.76. The molecule has 1 aliphatic carbocycles. The Labute approximate surface area is 136 Å². The number of nitrogens with one attached hydrogen (secondary N) is 2. The number of rotatable bonds is 4. The lowest BCUT2D eigenvalue weighted by Crippen LogP contribution is -3.20. The van der Waals surface area contributed by atoms with E-state index >= 15 is 0 Å². The van der Waals surface area contributed by atoms with Crippen LogP contribution in [0, 0.1) is 5.92 Å². The molecule has 2 nitrogen and oxygen atoms in total. The first kappa shape index (κ1) is 16.0. The molecule has 3 rings (SSSR count). The van der Waals surface area contributed by atoms with E-state index in [2.05, 4.69) is 44.3 Å². The lowest BCUT2D eigenvalue weighted by atomic mass is 9.85. The van der Waals surface area contributed by atoms with Crippen LogP contribution in [0.5, 0.6) is 0 Å². The highest BCUT2D eigenvalue weighted by molar-refractivity contribution is 5.13. The second kappa shape index (κ2) is 7.61. The Morgan fingerprint density at radius 2 is 1.77 bits per heavy atom. The zero-order chi connectivity index (χ0) is 15.4. The molecule has 0 bridgehead atoms. The fraction of sp³-hybridized carbons (Fsp3) is 0.700. The van der Waals surface area contributed by atoms with Crippen molar-refractivity contribution in [2.75, 3.05) is 20.1 Å². The normalized spacial score (nSPS) is 34.3. The maximum absolute atomic E-state index is 2.45.